The Balaban J connectivity index is 2.33. The molecule has 1 amide bonds. The van der Waals surface area contributed by atoms with Crippen LogP contribution in [0.4, 0.5) is 0 Å². The topological polar surface area (TPSA) is 75.6 Å². The van der Waals surface area contributed by atoms with Crippen LogP contribution >= 0.6 is 0 Å². The minimum Gasteiger partial charge on any atom is -0.480 e. The maximum atomic E-state index is 11.6. The molecular formula is C12H21NO4. The van der Waals surface area contributed by atoms with Crippen LogP contribution in [-0.4, -0.2) is 35.7 Å². The number of hydrogen-bond acceptors (Lipinski definition) is 3. The number of carboxylic acids is 1. The molecule has 1 fully saturated rings. The number of rotatable bonds is 6. The first kappa shape index (κ1) is 14.0. The third-order valence-electron chi connectivity index (χ3n) is 2.90. The fraction of sp³-hybridized carbons (Fsp3) is 0.833. The summed E-state index contributed by atoms with van der Waals surface area (Å²) < 4.78 is 5.44. The van der Waals surface area contributed by atoms with Crippen LogP contribution in [0.2, 0.25) is 0 Å². The van der Waals surface area contributed by atoms with Crippen molar-refractivity contribution in [2.75, 3.05) is 6.61 Å². The average Bonchev–Trinajstić information content (AvgIpc) is 2.29. The lowest BCUT2D eigenvalue weighted by molar-refractivity contribution is -0.142. The minimum absolute atomic E-state index is 0.0418. The van der Waals surface area contributed by atoms with Gasteiger partial charge in [-0.2, -0.15) is 0 Å². The van der Waals surface area contributed by atoms with Gasteiger partial charge in [-0.25, -0.2) is 4.79 Å². The summed E-state index contributed by atoms with van der Waals surface area (Å²) in [4.78, 5) is 22.5. The highest BCUT2D eigenvalue weighted by atomic mass is 16.5. The van der Waals surface area contributed by atoms with Crippen molar-refractivity contribution >= 4 is 11.9 Å². The summed E-state index contributed by atoms with van der Waals surface area (Å²) in [5.74, 6) is -1.19. The van der Waals surface area contributed by atoms with Gasteiger partial charge in [0.25, 0.3) is 0 Å². The summed E-state index contributed by atoms with van der Waals surface area (Å²) in [6.07, 6.45) is 4.44. The summed E-state index contributed by atoms with van der Waals surface area (Å²) in [7, 11) is 0. The van der Waals surface area contributed by atoms with E-state index >= 15 is 0 Å². The normalized spacial score (nSPS) is 21.8. The highest BCUT2D eigenvalue weighted by Crippen LogP contribution is 2.15. The van der Waals surface area contributed by atoms with Gasteiger partial charge >= 0.3 is 5.97 Å². The summed E-state index contributed by atoms with van der Waals surface area (Å²) in [6, 6.07) is -0.768. The summed E-state index contributed by atoms with van der Waals surface area (Å²) in [5.41, 5.74) is 0. The van der Waals surface area contributed by atoms with Gasteiger partial charge in [-0.1, -0.05) is 13.3 Å². The third kappa shape index (κ3) is 5.17. The van der Waals surface area contributed by atoms with Crippen LogP contribution in [0.5, 0.6) is 0 Å². The van der Waals surface area contributed by atoms with E-state index in [9.17, 15) is 9.59 Å². The second-order valence-electron chi connectivity index (χ2n) is 4.44. The fourth-order valence-corrected chi connectivity index (χ4v) is 1.97. The standard InChI is InChI=1S/C12H21NO4/c1-2-5-10(12(15)16)13-11(14)8-9-6-3-4-7-17-9/h9-10H,2-8H2,1H3,(H,13,14)(H,15,16)/t9?,10-/m1/s1. The average molecular weight is 243 g/mol. The molecule has 5 heteroatoms. The molecule has 2 atom stereocenters. The van der Waals surface area contributed by atoms with E-state index in [1.807, 2.05) is 6.92 Å². The van der Waals surface area contributed by atoms with Crippen molar-refractivity contribution in [3.05, 3.63) is 0 Å². The van der Waals surface area contributed by atoms with Crippen molar-refractivity contribution in [2.45, 2.75) is 57.6 Å². The first-order valence-corrected chi connectivity index (χ1v) is 6.27. The molecule has 2 N–H and O–H groups in total. The van der Waals surface area contributed by atoms with Crippen LogP contribution in [0.25, 0.3) is 0 Å². The zero-order chi connectivity index (χ0) is 12.7. The number of aliphatic carboxylic acids is 1. The lowest BCUT2D eigenvalue weighted by atomic mass is 10.1. The molecule has 0 bridgehead atoms. The van der Waals surface area contributed by atoms with Gasteiger partial charge in [0.15, 0.2) is 0 Å². The maximum Gasteiger partial charge on any atom is 0.326 e. The largest absolute Gasteiger partial charge is 0.480 e. The molecule has 1 aliphatic rings. The van der Waals surface area contributed by atoms with Crippen LogP contribution < -0.4 is 5.32 Å². The number of hydrogen-bond donors (Lipinski definition) is 2. The summed E-state index contributed by atoms with van der Waals surface area (Å²) in [6.45, 7) is 2.60. The molecule has 0 aromatic rings. The molecule has 0 saturated carbocycles. The van der Waals surface area contributed by atoms with Crippen LogP contribution in [-0.2, 0) is 14.3 Å². The second-order valence-corrected chi connectivity index (χ2v) is 4.44. The van der Waals surface area contributed by atoms with E-state index in [4.69, 9.17) is 9.84 Å². The first-order valence-electron chi connectivity index (χ1n) is 6.27. The van der Waals surface area contributed by atoms with Gasteiger partial charge in [-0.3, -0.25) is 4.79 Å². The molecule has 1 heterocycles. The monoisotopic (exact) mass is 243 g/mol. The van der Waals surface area contributed by atoms with Crippen LogP contribution in [0, 0.1) is 0 Å². The molecule has 0 aliphatic carbocycles. The number of amides is 1. The van der Waals surface area contributed by atoms with Crippen molar-refractivity contribution in [2.24, 2.45) is 0 Å². The Morgan fingerprint density at radius 1 is 1.47 bits per heavy atom. The van der Waals surface area contributed by atoms with Gasteiger partial charge in [-0.05, 0) is 25.7 Å². The zero-order valence-electron chi connectivity index (χ0n) is 10.3. The molecular weight excluding hydrogens is 222 g/mol. The number of ether oxygens (including phenoxy) is 1. The van der Waals surface area contributed by atoms with E-state index in [1.54, 1.807) is 0 Å². The van der Waals surface area contributed by atoms with Gasteiger partial charge in [0.2, 0.25) is 5.91 Å². The van der Waals surface area contributed by atoms with E-state index in [0.29, 0.717) is 13.0 Å². The Kier molecular flexibility index (Phi) is 5.97. The maximum absolute atomic E-state index is 11.6. The van der Waals surface area contributed by atoms with E-state index in [-0.39, 0.29) is 18.4 Å². The predicted octanol–water partition coefficient (Wildman–Crippen LogP) is 1.32. The lowest BCUT2D eigenvalue weighted by Gasteiger charge is -2.22. The quantitative estimate of drug-likeness (QED) is 0.737. The molecule has 1 unspecified atom stereocenters. The zero-order valence-corrected chi connectivity index (χ0v) is 10.3. The lowest BCUT2D eigenvalue weighted by Crippen LogP contribution is -2.42. The van der Waals surface area contributed by atoms with Crippen LogP contribution in [0.15, 0.2) is 0 Å². The molecule has 0 spiro atoms. The molecule has 17 heavy (non-hydrogen) atoms. The highest BCUT2D eigenvalue weighted by molar-refractivity contribution is 5.83. The fourth-order valence-electron chi connectivity index (χ4n) is 1.97. The number of nitrogens with one attached hydrogen (secondary N) is 1. The Bertz CT molecular complexity index is 261. The minimum atomic E-state index is -0.968. The number of carbonyl (C=O) groups excluding carboxylic acids is 1. The number of carbonyl (C=O) groups is 2. The molecule has 0 radical (unpaired) electrons. The van der Waals surface area contributed by atoms with Crippen molar-refractivity contribution in [3.8, 4) is 0 Å². The second kappa shape index (κ2) is 7.27. The smallest absolute Gasteiger partial charge is 0.326 e. The van der Waals surface area contributed by atoms with E-state index in [1.165, 1.54) is 0 Å². The van der Waals surface area contributed by atoms with Crippen molar-refractivity contribution in [1.82, 2.24) is 5.32 Å². The van der Waals surface area contributed by atoms with Gasteiger partial charge in [-0.15, -0.1) is 0 Å². The van der Waals surface area contributed by atoms with Crippen LogP contribution in [0.3, 0.4) is 0 Å². The molecule has 98 valence electrons. The van der Waals surface area contributed by atoms with Crippen LogP contribution in [0.1, 0.15) is 45.4 Å². The third-order valence-corrected chi connectivity index (χ3v) is 2.90. The highest BCUT2D eigenvalue weighted by Gasteiger charge is 2.22. The Morgan fingerprint density at radius 3 is 2.76 bits per heavy atom. The molecule has 1 aliphatic heterocycles. The van der Waals surface area contributed by atoms with Crippen molar-refractivity contribution in [1.29, 1.82) is 0 Å². The number of carboxylic acid groups (broad SMARTS) is 1. The van der Waals surface area contributed by atoms with Gasteiger partial charge in [0.1, 0.15) is 6.04 Å². The summed E-state index contributed by atoms with van der Waals surface area (Å²) >= 11 is 0. The van der Waals surface area contributed by atoms with Crippen molar-refractivity contribution < 1.29 is 19.4 Å². The first-order chi connectivity index (χ1) is 8.13. The summed E-state index contributed by atoms with van der Waals surface area (Å²) in [5, 5.41) is 11.5. The molecule has 0 aromatic carbocycles. The van der Waals surface area contributed by atoms with E-state index in [2.05, 4.69) is 5.32 Å². The molecule has 5 nitrogen and oxygen atoms in total. The van der Waals surface area contributed by atoms with E-state index in [0.717, 1.165) is 25.7 Å². The van der Waals surface area contributed by atoms with Gasteiger partial charge < -0.3 is 15.2 Å². The Hall–Kier alpha value is -1.10. The Morgan fingerprint density at radius 2 is 2.24 bits per heavy atom. The van der Waals surface area contributed by atoms with Gasteiger partial charge in [0, 0.05) is 6.61 Å². The SMILES string of the molecule is CCC[C@@H](NC(=O)CC1CCCCO1)C(=O)O. The molecule has 1 saturated heterocycles. The molecule has 0 aromatic heterocycles. The molecule has 1 rings (SSSR count). The Labute approximate surface area is 102 Å². The predicted molar refractivity (Wildman–Crippen MR) is 62.7 cm³/mol. The van der Waals surface area contributed by atoms with E-state index < -0.39 is 12.0 Å². The van der Waals surface area contributed by atoms with Crippen molar-refractivity contribution in [3.63, 3.8) is 0 Å². The van der Waals surface area contributed by atoms with Gasteiger partial charge in [0.05, 0.1) is 12.5 Å².